The Morgan fingerprint density at radius 1 is 1.08 bits per heavy atom. The van der Waals surface area contributed by atoms with Gasteiger partial charge in [-0.2, -0.15) is 0 Å². The van der Waals surface area contributed by atoms with E-state index in [1.54, 1.807) is 0 Å². The number of nitrogens with one attached hydrogen (secondary N) is 2. The number of amides is 2. The third kappa shape index (κ3) is 4.51. The van der Waals surface area contributed by atoms with Crippen LogP contribution in [-0.4, -0.2) is 18.1 Å². The van der Waals surface area contributed by atoms with E-state index in [-0.39, 0.29) is 6.03 Å². The van der Waals surface area contributed by atoms with Crippen LogP contribution in [-0.2, 0) is 6.54 Å². The van der Waals surface area contributed by atoms with E-state index < -0.39 is 0 Å². The third-order valence-corrected chi connectivity index (χ3v) is 4.19. The van der Waals surface area contributed by atoms with Crippen LogP contribution >= 0.6 is 0 Å². The lowest BCUT2D eigenvalue weighted by molar-refractivity contribution is 0.251. The summed E-state index contributed by atoms with van der Waals surface area (Å²) in [6, 6.07) is 19.2. The van der Waals surface area contributed by atoms with Gasteiger partial charge in [0.2, 0.25) is 0 Å². The highest BCUT2D eigenvalue weighted by Gasteiger charge is 2.23. The first-order chi connectivity index (χ1) is 11.6. The van der Waals surface area contributed by atoms with Crippen LogP contribution in [0.4, 0.5) is 16.2 Å². The highest BCUT2D eigenvalue weighted by molar-refractivity contribution is 5.89. The van der Waals surface area contributed by atoms with Crippen LogP contribution in [0.2, 0.25) is 0 Å². The first kappa shape index (κ1) is 16.4. The molecule has 24 heavy (non-hydrogen) atoms. The van der Waals surface area contributed by atoms with Crippen LogP contribution in [0, 0.1) is 0 Å². The summed E-state index contributed by atoms with van der Waals surface area (Å²) in [6.07, 6.45) is 2.18. The molecule has 2 aromatic rings. The van der Waals surface area contributed by atoms with Crippen molar-refractivity contribution in [3.63, 3.8) is 0 Å². The van der Waals surface area contributed by atoms with Crippen molar-refractivity contribution >= 4 is 17.4 Å². The number of nitrogens with zero attached hydrogens (tertiary/aromatic N) is 1. The van der Waals surface area contributed by atoms with Crippen LogP contribution in [0.15, 0.2) is 54.6 Å². The predicted molar refractivity (Wildman–Crippen MR) is 99.4 cm³/mol. The van der Waals surface area contributed by atoms with Gasteiger partial charge >= 0.3 is 6.03 Å². The fraction of sp³-hybridized carbons (Fsp3) is 0.350. The molecule has 0 radical (unpaired) electrons. The molecule has 0 unspecified atom stereocenters. The lowest BCUT2D eigenvalue weighted by atomic mass is 10.1. The van der Waals surface area contributed by atoms with E-state index in [2.05, 4.69) is 65.8 Å². The number of benzene rings is 2. The molecule has 0 spiro atoms. The Balaban J connectivity index is 1.66. The Morgan fingerprint density at radius 3 is 2.33 bits per heavy atom. The van der Waals surface area contributed by atoms with Crippen molar-refractivity contribution < 1.29 is 4.79 Å². The molecule has 2 amide bonds. The standard InChI is InChI=1S/C20H25N3O/c1-15(2)23(14-16-6-4-3-5-7-16)19-12-10-18(11-13-19)22-20(24)21-17-8-9-17/h3-7,10-13,15,17H,8-9,14H2,1-2H3,(H2,21,22,24). The molecule has 3 rings (SSSR count). The molecule has 2 aromatic carbocycles. The first-order valence-electron chi connectivity index (χ1n) is 8.60. The molecule has 1 aliphatic carbocycles. The molecule has 126 valence electrons. The summed E-state index contributed by atoms with van der Waals surface area (Å²) in [5, 5.41) is 5.82. The van der Waals surface area contributed by atoms with Gasteiger partial charge in [-0.05, 0) is 56.5 Å². The van der Waals surface area contributed by atoms with Gasteiger partial charge in [-0.15, -0.1) is 0 Å². The van der Waals surface area contributed by atoms with Crippen molar-refractivity contribution in [2.75, 3.05) is 10.2 Å². The molecule has 2 N–H and O–H groups in total. The van der Waals surface area contributed by atoms with E-state index in [0.29, 0.717) is 12.1 Å². The van der Waals surface area contributed by atoms with Crippen molar-refractivity contribution in [1.29, 1.82) is 0 Å². The number of hydrogen-bond acceptors (Lipinski definition) is 2. The van der Waals surface area contributed by atoms with Crippen molar-refractivity contribution in [3.05, 3.63) is 60.2 Å². The average Bonchev–Trinajstić information content (AvgIpc) is 3.38. The van der Waals surface area contributed by atoms with Gasteiger partial charge in [0.15, 0.2) is 0 Å². The van der Waals surface area contributed by atoms with E-state index in [4.69, 9.17) is 0 Å². The summed E-state index contributed by atoms with van der Waals surface area (Å²) in [6.45, 7) is 5.25. The number of carbonyl (C=O) groups excluding carboxylic acids is 1. The van der Waals surface area contributed by atoms with E-state index >= 15 is 0 Å². The van der Waals surface area contributed by atoms with E-state index in [0.717, 1.165) is 30.8 Å². The number of urea groups is 1. The van der Waals surface area contributed by atoms with Gasteiger partial charge in [0.25, 0.3) is 0 Å². The molecule has 1 aliphatic rings. The topological polar surface area (TPSA) is 44.4 Å². The summed E-state index contributed by atoms with van der Waals surface area (Å²) in [5.41, 5.74) is 3.26. The smallest absolute Gasteiger partial charge is 0.319 e. The maximum atomic E-state index is 11.8. The van der Waals surface area contributed by atoms with Crippen LogP contribution in [0.5, 0.6) is 0 Å². The Bertz CT molecular complexity index is 663. The van der Waals surface area contributed by atoms with Crippen molar-refractivity contribution in [3.8, 4) is 0 Å². The monoisotopic (exact) mass is 323 g/mol. The minimum Gasteiger partial charge on any atom is -0.365 e. The normalized spacial score (nSPS) is 13.6. The quantitative estimate of drug-likeness (QED) is 0.828. The van der Waals surface area contributed by atoms with E-state index in [9.17, 15) is 4.79 Å². The minimum absolute atomic E-state index is 0.116. The third-order valence-electron chi connectivity index (χ3n) is 4.19. The second kappa shape index (κ2) is 7.39. The number of anilines is 2. The molecule has 0 aliphatic heterocycles. The number of carbonyl (C=O) groups is 1. The Labute approximate surface area is 143 Å². The average molecular weight is 323 g/mol. The van der Waals surface area contributed by atoms with Crippen molar-refractivity contribution in [2.24, 2.45) is 0 Å². The molecular weight excluding hydrogens is 298 g/mol. The molecule has 0 heterocycles. The van der Waals surface area contributed by atoms with Crippen molar-refractivity contribution in [1.82, 2.24) is 5.32 Å². The van der Waals surface area contributed by atoms with Gasteiger partial charge < -0.3 is 15.5 Å². The van der Waals surface area contributed by atoms with Crippen molar-refractivity contribution in [2.45, 2.75) is 45.3 Å². The van der Waals surface area contributed by atoms with Gasteiger partial charge in [-0.1, -0.05) is 30.3 Å². The fourth-order valence-corrected chi connectivity index (χ4v) is 2.67. The van der Waals surface area contributed by atoms with Gasteiger partial charge in [0.05, 0.1) is 0 Å². The van der Waals surface area contributed by atoms with E-state index in [1.165, 1.54) is 5.56 Å². The summed E-state index contributed by atoms with van der Waals surface area (Å²) < 4.78 is 0. The first-order valence-corrected chi connectivity index (χ1v) is 8.60. The largest absolute Gasteiger partial charge is 0.365 e. The van der Waals surface area contributed by atoms with Crippen LogP contribution in [0.25, 0.3) is 0 Å². The summed E-state index contributed by atoms with van der Waals surface area (Å²) in [7, 11) is 0. The van der Waals surface area contributed by atoms with E-state index in [1.807, 2.05) is 18.2 Å². The van der Waals surface area contributed by atoms with Gasteiger partial charge in [0.1, 0.15) is 0 Å². The SMILES string of the molecule is CC(C)N(Cc1ccccc1)c1ccc(NC(=O)NC2CC2)cc1. The summed E-state index contributed by atoms with van der Waals surface area (Å²) in [4.78, 5) is 14.1. The molecule has 4 heteroatoms. The van der Waals surface area contributed by atoms with Gasteiger partial charge in [-0.3, -0.25) is 0 Å². The summed E-state index contributed by atoms with van der Waals surface area (Å²) in [5.74, 6) is 0. The Kier molecular flexibility index (Phi) is 5.04. The van der Waals surface area contributed by atoms with Crippen LogP contribution in [0.3, 0.4) is 0 Å². The zero-order valence-electron chi connectivity index (χ0n) is 14.3. The second-order valence-corrected chi connectivity index (χ2v) is 6.63. The fourth-order valence-electron chi connectivity index (χ4n) is 2.67. The van der Waals surface area contributed by atoms with Crippen LogP contribution < -0.4 is 15.5 Å². The van der Waals surface area contributed by atoms with Crippen LogP contribution in [0.1, 0.15) is 32.3 Å². The molecule has 0 bridgehead atoms. The Morgan fingerprint density at radius 2 is 1.75 bits per heavy atom. The minimum atomic E-state index is -0.116. The maximum Gasteiger partial charge on any atom is 0.319 e. The number of hydrogen-bond donors (Lipinski definition) is 2. The highest BCUT2D eigenvalue weighted by Crippen LogP contribution is 2.23. The summed E-state index contributed by atoms with van der Waals surface area (Å²) >= 11 is 0. The zero-order valence-corrected chi connectivity index (χ0v) is 14.3. The zero-order chi connectivity index (χ0) is 16.9. The molecule has 0 aromatic heterocycles. The lowest BCUT2D eigenvalue weighted by Crippen LogP contribution is -2.31. The maximum absolute atomic E-state index is 11.8. The molecule has 0 atom stereocenters. The Hall–Kier alpha value is -2.49. The molecule has 1 saturated carbocycles. The van der Waals surface area contributed by atoms with Gasteiger partial charge in [0, 0.05) is 30.0 Å². The predicted octanol–water partition coefficient (Wildman–Crippen LogP) is 4.39. The second-order valence-electron chi connectivity index (χ2n) is 6.63. The lowest BCUT2D eigenvalue weighted by Gasteiger charge is -2.29. The molecule has 0 saturated heterocycles. The highest BCUT2D eigenvalue weighted by atomic mass is 16.2. The molecule has 1 fully saturated rings. The van der Waals surface area contributed by atoms with Gasteiger partial charge in [-0.25, -0.2) is 4.79 Å². The molecule has 4 nitrogen and oxygen atoms in total. The molecular formula is C20H25N3O. The number of rotatable bonds is 6.